The van der Waals surface area contributed by atoms with Crippen LogP contribution in [0.4, 0.5) is 0 Å². The third kappa shape index (κ3) is 4.34. The summed E-state index contributed by atoms with van der Waals surface area (Å²) >= 11 is 0. The van der Waals surface area contributed by atoms with Crippen molar-refractivity contribution in [3.05, 3.63) is 145 Å². The fourth-order valence-corrected chi connectivity index (χ4v) is 5.82. The maximum Gasteiger partial charge on any atom is 0.0273 e. The summed E-state index contributed by atoms with van der Waals surface area (Å²) in [5.74, 6) is 0. The minimum Gasteiger partial charge on any atom is -0.309 e. The van der Waals surface area contributed by atoms with Crippen LogP contribution in [0, 0.1) is 19.3 Å². The second kappa shape index (κ2) is 10.6. The third-order valence-electron chi connectivity index (χ3n) is 7.77. The Kier molecular flexibility index (Phi) is 6.67. The molecule has 0 unspecified atom stereocenters. The van der Waals surface area contributed by atoms with E-state index in [2.05, 4.69) is 122 Å². The summed E-state index contributed by atoms with van der Waals surface area (Å²) in [6, 6.07) is 35.0. The number of aryl methyl sites for hydroxylation is 2. The van der Waals surface area contributed by atoms with Gasteiger partial charge in [0.15, 0.2) is 0 Å². The molecule has 0 aliphatic rings. The Bertz CT molecular complexity index is 1890. The highest BCUT2D eigenvalue weighted by Gasteiger charge is 2.18. The average molecular weight is 515 g/mol. The molecular weight excluding hydrogens is 484 g/mol. The van der Waals surface area contributed by atoms with Gasteiger partial charge in [-0.2, -0.15) is 0 Å². The maximum absolute atomic E-state index is 7.63. The molecule has 0 aliphatic carbocycles. The maximum atomic E-state index is 7.63. The quantitative estimate of drug-likeness (QED) is 0.134. The third-order valence-corrected chi connectivity index (χ3v) is 7.77. The van der Waals surface area contributed by atoms with Crippen molar-refractivity contribution in [3.8, 4) is 33.4 Å². The number of aromatic nitrogens is 1. The lowest BCUT2D eigenvalue weighted by Crippen LogP contribution is -1.94. The minimum atomic E-state index is 0.947. The predicted molar refractivity (Wildman–Crippen MR) is 172 cm³/mol. The van der Waals surface area contributed by atoms with E-state index in [9.17, 15) is 0 Å². The van der Waals surface area contributed by atoms with E-state index in [0.717, 1.165) is 22.3 Å². The Morgan fingerprint density at radius 1 is 0.650 bits per heavy atom. The lowest BCUT2D eigenvalue weighted by atomic mass is 9.84. The van der Waals surface area contributed by atoms with Gasteiger partial charge >= 0.3 is 0 Å². The molecule has 6 rings (SSSR count). The van der Waals surface area contributed by atoms with Gasteiger partial charge in [0.2, 0.25) is 0 Å². The Balaban J connectivity index is 1.68. The van der Waals surface area contributed by atoms with Gasteiger partial charge in [0, 0.05) is 18.6 Å². The molecule has 0 radical (unpaired) electrons. The van der Waals surface area contributed by atoms with Gasteiger partial charge in [0.1, 0.15) is 0 Å². The first-order valence-electron chi connectivity index (χ1n) is 13.5. The number of hydrogen-bond donors (Lipinski definition) is 1. The molecule has 0 saturated heterocycles. The van der Waals surface area contributed by atoms with Gasteiger partial charge in [-0.15, -0.1) is 0 Å². The standard InChI is InChI=1S/C38H30N2/c1-4-27(17-20-39)35-23-29(15-13-25(35)2)37-31-9-5-7-11-33(31)38(34-12-8-6-10-32(34)37)30-16-14-26(3)36(24-30)28-18-21-40-22-19-28/h4-24,39H,1H2,2-3H3/b27-17+,39-20?. The van der Waals surface area contributed by atoms with Crippen molar-refractivity contribution < 1.29 is 0 Å². The van der Waals surface area contributed by atoms with Gasteiger partial charge in [0.05, 0.1) is 0 Å². The zero-order chi connectivity index (χ0) is 27.6. The molecule has 0 bridgehead atoms. The molecule has 6 aromatic rings. The highest BCUT2D eigenvalue weighted by molar-refractivity contribution is 6.21. The second-order valence-electron chi connectivity index (χ2n) is 10.1. The number of fused-ring (bicyclic) bond motifs is 2. The molecule has 0 spiro atoms. The smallest absolute Gasteiger partial charge is 0.0273 e. The van der Waals surface area contributed by atoms with E-state index >= 15 is 0 Å². The van der Waals surface area contributed by atoms with Crippen LogP contribution < -0.4 is 0 Å². The summed E-state index contributed by atoms with van der Waals surface area (Å²) < 4.78 is 0. The monoisotopic (exact) mass is 514 g/mol. The topological polar surface area (TPSA) is 36.7 Å². The first kappa shape index (κ1) is 25.2. The van der Waals surface area contributed by atoms with E-state index in [1.807, 2.05) is 18.5 Å². The molecular formula is C38H30N2. The highest BCUT2D eigenvalue weighted by atomic mass is 14.6. The fourth-order valence-electron chi connectivity index (χ4n) is 5.82. The zero-order valence-electron chi connectivity index (χ0n) is 22.8. The molecule has 0 fully saturated rings. The lowest BCUT2D eigenvalue weighted by Gasteiger charge is -2.19. The van der Waals surface area contributed by atoms with E-state index in [-0.39, 0.29) is 0 Å². The molecule has 0 saturated carbocycles. The summed E-state index contributed by atoms with van der Waals surface area (Å²) in [5.41, 5.74) is 11.6. The van der Waals surface area contributed by atoms with Crippen LogP contribution in [-0.4, -0.2) is 11.2 Å². The largest absolute Gasteiger partial charge is 0.309 e. The molecule has 0 atom stereocenters. The Morgan fingerprint density at radius 3 is 1.70 bits per heavy atom. The van der Waals surface area contributed by atoms with Crippen LogP contribution in [0.5, 0.6) is 0 Å². The number of pyridine rings is 1. The van der Waals surface area contributed by atoms with E-state index in [1.54, 1.807) is 6.08 Å². The van der Waals surface area contributed by atoms with Crippen LogP contribution in [0.25, 0.3) is 60.5 Å². The number of allylic oxidation sites excluding steroid dienone is 3. The van der Waals surface area contributed by atoms with Crippen LogP contribution in [0.1, 0.15) is 16.7 Å². The SMILES string of the molecule is C=C/C(=C\C=N)c1cc(-c2c3ccccc3c(-c3ccc(C)c(-c4ccncc4)c3)c3ccccc23)ccc1C. The van der Waals surface area contributed by atoms with Gasteiger partial charge in [0.25, 0.3) is 0 Å². The van der Waals surface area contributed by atoms with Crippen molar-refractivity contribution in [2.24, 2.45) is 0 Å². The normalized spacial score (nSPS) is 11.6. The van der Waals surface area contributed by atoms with E-state index in [1.165, 1.54) is 61.1 Å². The van der Waals surface area contributed by atoms with Gasteiger partial charge in [-0.3, -0.25) is 4.98 Å². The molecule has 2 nitrogen and oxygen atoms in total. The fraction of sp³-hybridized carbons (Fsp3) is 0.0526. The Morgan fingerprint density at radius 2 is 1.18 bits per heavy atom. The van der Waals surface area contributed by atoms with Crippen molar-refractivity contribution in [1.82, 2.24) is 4.98 Å². The van der Waals surface area contributed by atoms with Crippen molar-refractivity contribution in [3.63, 3.8) is 0 Å². The van der Waals surface area contributed by atoms with Crippen molar-refractivity contribution in [2.45, 2.75) is 13.8 Å². The highest BCUT2D eigenvalue weighted by Crippen LogP contribution is 2.45. The number of rotatable bonds is 6. The molecule has 0 amide bonds. The number of nitrogens with one attached hydrogen (secondary N) is 1. The minimum absolute atomic E-state index is 0.947. The molecule has 1 heterocycles. The van der Waals surface area contributed by atoms with E-state index in [4.69, 9.17) is 5.41 Å². The van der Waals surface area contributed by atoms with Crippen LogP contribution in [-0.2, 0) is 0 Å². The van der Waals surface area contributed by atoms with E-state index < -0.39 is 0 Å². The van der Waals surface area contributed by atoms with E-state index in [0.29, 0.717) is 0 Å². The summed E-state index contributed by atoms with van der Waals surface area (Å²) in [4.78, 5) is 4.22. The van der Waals surface area contributed by atoms with Gasteiger partial charge < -0.3 is 5.41 Å². The Hall–Kier alpha value is -5.08. The molecule has 5 aromatic carbocycles. The number of hydrogen-bond acceptors (Lipinski definition) is 2. The van der Waals surface area contributed by atoms with Crippen LogP contribution in [0.3, 0.4) is 0 Å². The first-order valence-corrected chi connectivity index (χ1v) is 13.5. The Labute approximate surface area is 235 Å². The summed E-state index contributed by atoms with van der Waals surface area (Å²) in [6.45, 7) is 8.28. The van der Waals surface area contributed by atoms with Gasteiger partial charge in [-0.05, 0) is 121 Å². The van der Waals surface area contributed by atoms with Crippen molar-refractivity contribution >= 4 is 33.3 Å². The second-order valence-corrected chi connectivity index (χ2v) is 10.1. The molecule has 40 heavy (non-hydrogen) atoms. The molecule has 192 valence electrons. The number of nitrogens with zero attached hydrogens (tertiary/aromatic N) is 1. The van der Waals surface area contributed by atoms with Crippen LogP contribution >= 0.6 is 0 Å². The van der Waals surface area contributed by atoms with Crippen molar-refractivity contribution in [1.29, 1.82) is 5.41 Å². The molecule has 2 heteroatoms. The first-order chi connectivity index (χ1) is 19.6. The average Bonchev–Trinajstić information content (AvgIpc) is 3.00. The molecule has 0 aliphatic heterocycles. The summed E-state index contributed by atoms with van der Waals surface area (Å²) in [6.07, 6.45) is 8.66. The molecule has 1 aromatic heterocycles. The predicted octanol–water partition coefficient (Wildman–Crippen LogP) is 10.2. The zero-order valence-corrected chi connectivity index (χ0v) is 22.8. The number of benzene rings is 5. The lowest BCUT2D eigenvalue weighted by molar-refractivity contribution is 1.32. The summed E-state index contributed by atoms with van der Waals surface area (Å²) in [7, 11) is 0. The summed E-state index contributed by atoms with van der Waals surface area (Å²) in [5, 5.41) is 12.5. The van der Waals surface area contributed by atoms with Gasteiger partial charge in [-0.1, -0.05) is 85.5 Å². The van der Waals surface area contributed by atoms with Crippen molar-refractivity contribution in [2.75, 3.05) is 0 Å². The van der Waals surface area contributed by atoms with Crippen LogP contribution in [0.2, 0.25) is 0 Å². The molecule has 1 N–H and O–H groups in total. The van der Waals surface area contributed by atoms with Gasteiger partial charge in [-0.25, -0.2) is 0 Å². The van der Waals surface area contributed by atoms with Crippen LogP contribution in [0.15, 0.2) is 128 Å².